The fourth-order valence-corrected chi connectivity index (χ4v) is 4.64. The standard InChI is InChI=1S/C28H23ClN2O6S/c1-16(2)37-28(35)17-7-11-21(12-8-17)31-25(32)23(30-20-6-4-5-18(15-20)27(34)36-3)24(26(31)33)38-22-13-9-19(29)10-14-22/h4-16,30H,1-3H3. The molecule has 0 saturated carbocycles. The van der Waals surface area contributed by atoms with Crippen LogP contribution in [-0.2, 0) is 19.1 Å². The van der Waals surface area contributed by atoms with Gasteiger partial charge in [-0.15, -0.1) is 0 Å². The summed E-state index contributed by atoms with van der Waals surface area (Å²) in [6.45, 7) is 3.49. The second kappa shape index (κ2) is 11.5. The van der Waals surface area contributed by atoms with Crippen LogP contribution < -0.4 is 10.2 Å². The summed E-state index contributed by atoms with van der Waals surface area (Å²) in [5.41, 5.74) is 1.33. The van der Waals surface area contributed by atoms with Gasteiger partial charge in [0.2, 0.25) is 0 Å². The van der Waals surface area contributed by atoms with Crippen LogP contribution in [0.4, 0.5) is 11.4 Å². The van der Waals surface area contributed by atoms with Crippen LogP contribution in [0.3, 0.4) is 0 Å². The monoisotopic (exact) mass is 550 g/mol. The molecule has 0 spiro atoms. The van der Waals surface area contributed by atoms with Crippen molar-refractivity contribution in [1.82, 2.24) is 0 Å². The number of benzene rings is 3. The molecule has 1 N–H and O–H groups in total. The van der Waals surface area contributed by atoms with E-state index in [1.165, 1.54) is 37.4 Å². The fourth-order valence-electron chi connectivity index (χ4n) is 3.58. The zero-order chi connectivity index (χ0) is 27.4. The summed E-state index contributed by atoms with van der Waals surface area (Å²) in [4.78, 5) is 53.2. The van der Waals surface area contributed by atoms with E-state index in [0.717, 1.165) is 16.7 Å². The first-order valence-electron chi connectivity index (χ1n) is 11.5. The van der Waals surface area contributed by atoms with Gasteiger partial charge >= 0.3 is 11.9 Å². The van der Waals surface area contributed by atoms with E-state index in [9.17, 15) is 19.2 Å². The van der Waals surface area contributed by atoms with E-state index >= 15 is 0 Å². The van der Waals surface area contributed by atoms with Gasteiger partial charge in [-0.05, 0) is 80.6 Å². The first-order valence-corrected chi connectivity index (χ1v) is 12.7. The molecule has 4 rings (SSSR count). The Morgan fingerprint density at radius 3 is 2.21 bits per heavy atom. The number of anilines is 2. The molecule has 2 amide bonds. The lowest BCUT2D eigenvalue weighted by atomic mass is 10.2. The Morgan fingerprint density at radius 1 is 0.895 bits per heavy atom. The van der Waals surface area contributed by atoms with Crippen molar-refractivity contribution in [3.05, 3.63) is 99.5 Å². The predicted octanol–water partition coefficient (Wildman–Crippen LogP) is 5.68. The Kier molecular flexibility index (Phi) is 8.19. The van der Waals surface area contributed by atoms with Gasteiger partial charge in [-0.1, -0.05) is 29.4 Å². The smallest absolute Gasteiger partial charge is 0.338 e. The average Bonchev–Trinajstić information content (AvgIpc) is 3.13. The minimum Gasteiger partial charge on any atom is -0.465 e. The normalized spacial score (nSPS) is 13.2. The van der Waals surface area contributed by atoms with Gasteiger partial charge in [0, 0.05) is 15.6 Å². The quantitative estimate of drug-likeness (QED) is 0.282. The predicted molar refractivity (Wildman–Crippen MR) is 145 cm³/mol. The van der Waals surface area contributed by atoms with Crippen LogP contribution in [-0.4, -0.2) is 37.0 Å². The van der Waals surface area contributed by atoms with Crippen LogP contribution in [0.2, 0.25) is 5.02 Å². The third-order valence-corrected chi connectivity index (χ3v) is 6.67. The Labute approximate surface area is 228 Å². The molecule has 1 heterocycles. The molecule has 0 fully saturated rings. The van der Waals surface area contributed by atoms with E-state index in [1.54, 1.807) is 56.3 Å². The number of esters is 2. The number of rotatable bonds is 8. The molecule has 194 valence electrons. The van der Waals surface area contributed by atoms with Gasteiger partial charge in [0.15, 0.2) is 0 Å². The van der Waals surface area contributed by atoms with Crippen LogP contribution in [0.1, 0.15) is 34.6 Å². The third kappa shape index (κ3) is 5.90. The van der Waals surface area contributed by atoms with E-state index in [2.05, 4.69) is 5.32 Å². The molecule has 0 saturated heterocycles. The van der Waals surface area contributed by atoms with Gasteiger partial charge in [-0.2, -0.15) is 0 Å². The number of methoxy groups -OCH3 is 1. The maximum Gasteiger partial charge on any atom is 0.338 e. The molecule has 0 radical (unpaired) electrons. The summed E-state index contributed by atoms with van der Waals surface area (Å²) < 4.78 is 9.98. The second-order valence-electron chi connectivity index (χ2n) is 8.40. The summed E-state index contributed by atoms with van der Waals surface area (Å²) in [7, 11) is 1.27. The van der Waals surface area contributed by atoms with Crippen molar-refractivity contribution in [1.29, 1.82) is 0 Å². The van der Waals surface area contributed by atoms with Crippen LogP contribution in [0.15, 0.2) is 88.3 Å². The van der Waals surface area contributed by atoms with E-state index in [4.69, 9.17) is 21.1 Å². The van der Waals surface area contributed by atoms with Crippen LogP contribution in [0, 0.1) is 0 Å². The van der Waals surface area contributed by atoms with Crippen LogP contribution in [0.25, 0.3) is 0 Å². The molecule has 0 aliphatic carbocycles. The Balaban J connectivity index is 1.68. The highest BCUT2D eigenvalue weighted by molar-refractivity contribution is 8.04. The maximum absolute atomic E-state index is 13.6. The average molecular weight is 551 g/mol. The van der Waals surface area contributed by atoms with Gasteiger partial charge in [0.1, 0.15) is 10.6 Å². The van der Waals surface area contributed by atoms with Crippen molar-refractivity contribution in [3.63, 3.8) is 0 Å². The molecule has 3 aromatic rings. The molecule has 0 unspecified atom stereocenters. The maximum atomic E-state index is 13.6. The molecule has 0 atom stereocenters. The molecule has 38 heavy (non-hydrogen) atoms. The van der Waals surface area contributed by atoms with Gasteiger partial charge in [-0.25, -0.2) is 14.5 Å². The van der Waals surface area contributed by atoms with E-state index in [1.807, 2.05) is 0 Å². The van der Waals surface area contributed by atoms with Gasteiger partial charge in [0.05, 0.1) is 30.0 Å². The third-order valence-electron chi connectivity index (χ3n) is 5.33. The number of thioether (sulfide) groups is 1. The highest BCUT2D eigenvalue weighted by Crippen LogP contribution is 2.38. The zero-order valence-electron chi connectivity index (χ0n) is 20.7. The van der Waals surface area contributed by atoms with Crippen LogP contribution >= 0.6 is 23.4 Å². The lowest BCUT2D eigenvalue weighted by Crippen LogP contribution is -2.32. The number of carbonyl (C=O) groups is 4. The van der Waals surface area contributed by atoms with Crippen molar-refractivity contribution in [2.24, 2.45) is 0 Å². The molecule has 0 bridgehead atoms. The molecule has 10 heteroatoms. The molecular formula is C28H23ClN2O6S. The minimum absolute atomic E-state index is 0.0419. The lowest BCUT2D eigenvalue weighted by molar-refractivity contribution is -0.120. The van der Waals surface area contributed by atoms with E-state index < -0.39 is 23.8 Å². The molecule has 1 aliphatic heterocycles. The number of hydrogen-bond acceptors (Lipinski definition) is 8. The zero-order valence-corrected chi connectivity index (χ0v) is 22.3. The first-order chi connectivity index (χ1) is 18.2. The topological polar surface area (TPSA) is 102 Å². The highest BCUT2D eigenvalue weighted by Gasteiger charge is 2.40. The van der Waals surface area contributed by atoms with Gasteiger partial charge in [0.25, 0.3) is 11.8 Å². The fraction of sp³-hybridized carbons (Fsp3) is 0.143. The first kappa shape index (κ1) is 27.0. The van der Waals surface area contributed by atoms with Crippen LogP contribution in [0.5, 0.6) is 0 Å². The molecule has 8 nitrogen and oxygen atoms in total. The number of halogens is 1. The lowest BCUT2D eigenvalue weighted by Gasteiger charge is -2.16. The van der Waals surface area contributed by atoms with Crippen molar-refractivity contribution in [2.45, 2.75) is 24.8 Å². The molecule has 0 aromatic heterocycles. The number of nitrogens with zero attached hydrogens (tertiary/aromatic N) is 1. The summed E-state index contributed by atoms with van der Waals surface area (Å²) in [6, 6.07) is 19.3. The molecular weight excluding hydrogens is 528 g/mol. The number of carbonyl (C=O) groups excluding carboxylic acids is 4. The number of hydrogen-bond donors (Lipinski definition) is 1. The number of nitrogens with one attached hydrogen (secondary N) is 1. The van der Waals surface area contributed by atoms with Crippen molar-refractivity contribution < 1.29 is 28.7 Å². The molecule has 1 aliphatic rings. The highest BCUT2D eigenvalue weighted by atomic mass is 35.5. The summed E-state index contributed by atoms with van der Waals surface area (Å²) >= 11 is 7.11. The second-order valence-corrected chi connectivity index (χ2v) is 9.92. The van der Waals surface area contributed by atoms with Crippen molar-refractivity contribution in [3.8, 4) is 0 Å². The van der Waals surface area contributed by atoms with Gasteiger partial charge in [-0.3, -0.25) is 9.59 Å². The van der Waals surface area contributed by atoms with Crippen molar-refractivity contribution >= 4 is 58.5 Å². The Morgan fingerprint density at radius 2 is 1.58 bits per heavy atom. The summed E-state index contributed by atoms with van der Waals surface area (Å²) in [5.74, 6) is -2.17. The number of ether oxygens (including phenoxy) is 2. The number of amides is 2. The van der Waals surface area contributed by atoms with Gasteiger partial charge < -0.3 is 14.8 Å². The number of imide groups is 1. The summed E-state index contributed by atoms with van der Waals surface area (Å²) in [5, 5.41) is 3.55. The van der Waals surface area contributed by atoms with E-state index in [0.29, 0.717) is 21.2 Å². The summed E-state index contributed by atoms with van der Waals surface area (Å²) in [6.07, 6.45) is -0.285. The van der Waals surface area contributed by atoms with Crippen molar-refractivity contribution in [2.75, 3.05) is 17.3 Å². The molecule has 3 aromatic carbocycles. The largest absolute Gasteiger partial charge is 0.465 e. The minimum atomic E-state index is -0.590. The van der Waals surface area contributed by atoms with E-state index in [-0.39, 0.29) is 28.0 Å². The Hall–Kier alpha value is -4.08. The Bertz CT molecular complexity index is 1430. The SMILES string of the molecule is COC(=O)c1cccc(NC2=C(Sc3ccc(Cl)cc3)C(=O)N(c3ccc(C(=O)OC(C)C)cc3)C2=O)c1.